The first-order chi connectivity index (χ1) is 10.3. The van der Waals surface area contributed by atoms with Gasteiger partial charge < -0.3 is 25.6 Å². The van der Waals surface area contributed by atoms with E-state index in [1.54, 1.807) is 0 Å². The first-order valence-electron chi connectivity index (χ1n) is 6.99. The number of hydrogen-bond donors (Lipinski definition) is 3. The molecule has 0 saturated heterocycles. The maximum Gasteiger partial charge on any atom is 0.337 e. The van der Waals surface area contributed by atoms with E-state index < -0.39 is 12.0 Å². The predicted molar refractivity (Wildman–Crippen MR) is 82.7 cm³/mol. The molecule has 0 saturated carbocycles. The summed E-state index contributed by atoms with van der Waals surface area (Å²) in [6.07, 6.45) is 1.88. The lowest BCUT2D eigenvalue weighted by molar-refractivity contribution is 0.0697. The standard InChI is InChI=1S/C15H22N2O5/c1-9(2)5-4-6-22-13-8-11(17-15(16)20)10(14(18)19)7-12(13)21-3/h7-9H,4-6H2,1-3H3,(H,18,19)(H3,16,17,20). The van der Waals surface area contributed by atoms with Crippen LogP contribution in [0.1, 0.15) is 37.0 Å². The molecule has 1 rings (SSSR count). The van der Waals surface area contributed by atoms with Crippen molar-refractivity contribution in [2.75, 3.05) is 19.0 Å². The van der Waals surface area contributed by atoms with Crippen molar-refractivity contribution >= 4 is 17.7 Å². The van der Waals surface area contributed by atoms with Gasteiger partial charge in [0.2, 0.25) is 0 Å². The molecule has 1 aromatic rings. The molecule has 0 aliphatic carbocycles. The van der Waals surface area contributed by atoms with Crippen LogP contribution in [0.3, 0.4) is 0 Å². The van der Waals surface area contributed by atoms with Gasteiger partial charge in [0.25, 0.3) is 0 Å². The Morgan fingerprint density at radius 2 is 2.00 bits per heavy atom. The number of carboxylic acid groups (broad SMARTS) is 1. The lowest BCUT2D eigenvalue weighted by Gasteiger charge is -2.15. The summed E-state index contributed by atoms with van der Waals surface area (Å²) in [5.41, 5.74) is 5.00. The van der Waals surface area contributed by atoms with Gasteiger partial charge in [-0.15, -0.1) is 0 Å². The lowest BCUT2D eigenvalue weighted by Crippen LogP contribution is -2.21. The average molecular weight is 310 g/mol. The fourth-order valence-corrected chi connectivity index (χ4v) is 1.92. The number of urea groups is 1. The number of carbonyl (C=O) groups is 2. The zero-order valence-electron chi connectivity index (χ0n) is 13.0. The molecule has 0 spiro atoms. The number of nitrogens with one attached hydrogen (secondary N) is 1. The molecule has 0 bridgehead atoms. The van der Waals surface area contributed by atoms with Crippen LogP contribution in [0.15, 0.2) is 12.1 Å². The van der Waals surface area contributed by atoms with E-state index in [-0.39, 0.29) is 17.0 Å². The van der Waals surface area contributed by atoms with Gasteiger partial charge >= 0.3 is 12.0 Å². The number of ether oxygens (including phenoxy) is 2. The van der Waals surface area contributed by atoms with Gasteiger partial charge in [-0.3, -0.25) is 0 Å². The minimum atomic E-state index is -1.20. The molecule has 22 heavy (non-hydrogen) atoms. The molecule has 0 atom stereocenters. The maximum absolute atomic E-state index is 11.2. The zero-order chi connectivity index (χ0) is 16.7. The van der Waals surface area contributed by atoms with Crippen LogP contribution in [0.25, 0.3) is 0 Å². The number of methoxy groups -OCH3 is 1. The van der Waals surface area contributed by atoms with E-state index in [0.29, 0.717) is 18.3 Å². The molecule has 4 N–H and O–H groups in total. The Balaban J connectivity index is 2.99. The number of benzene rings is 1. The number of hydrogen-bond acceptors (Lipinski definition) is 4. The predicted octanol–water partition coefficient (Wildman–Crippen LogP) is 2.70. The van der Waals surface area contributed by atoms with E-state index >= 15 is 0 Å². The number of aromatic carboxylic acids is 1. The molecule has 0 radical (unpaired) electrons. The highest BCUT2D eigenvalue weighted by Crippen LogP contribution is 2.34. The number of amides is 2. The summed E-state index contributed by atoms with van der Waals surface area (Å²) in [5, 5.41) is 11.5. The highest BCUT2D eigenvalue weighted by molar-refractivity contribution is 6.00. The van der Waals surface area contributed by atoms with Gasteiger partial charge in [0, 0.05) is 12.1 Å². The Bertz CT molecular complexity index is 543. The summed E-state index contributed by atoms with van der Waals surface area (Å²) in [4.78, 5) is 22.2. The van der Waals surface area contributed by atoms with Gasteiger partial charge in [0.1, 0.15) is 0 Å². The summed E-state index contributed by atoms with van der Waals surface area (Å²) in [6, 6.07) is 1.85. The molecule has 122 valence electrons. The van der Waals surface area contributed by atoms with Crippen LogP contribution in [0.2, 0.25) is 0 Å². The molecule has 0 unspecified atom stereocenters. The van der Waals surface area contributed by atoms with Gasteiger partial charge in [-0.05, 0) is 18.8 Å². The maximum atomic E-state index is 11.2. The Kier molecular flexibility index (Phi) is 6.49. The fourth-order valence-electron chi connectivity index (χ4n) is 1.92. The number of rotatable bonds is 8. The summed E-state index contributed by atoms with van der Waals surface area (Å²) < 4.78 is 10.8. The number of carboxylic acids is 1. The van der Waals surface area contributed by atoms with E-state index in [2.05, 4.69) is 19.2 Å². The van der Waals surface area contributed by atoms with Crippen LogP contribution in [-0.2, 0) is 0 Å². The third-order valence-electron chi connectivity index (χ3n) is 2.98. The Labute approximate surface area is 129 Å². The highest BCUT2D eigenvalue weighted by atomic mass is 16.5. The molecule has 0 aliphatic rings. The van der Waals surface area contributed by atoms with Crippen molar-refractivity contribution in [1.29, 1.82) is 0 Å². The molecule has 7 nitrogen and oxygen atoms in total. The fraction of sp³-hybridized carbons (Fsp3) is 0.467. The minimum Gasteiger partial charge on any atom is -0.493 e. The van der Waals surface area contributed by atoms with E-state index in [9.17, 15) is 14.7 Å². The quantitative estimate of drug-likeness (QED) is 0.639. The van der Waals surface area contributed by atoms with Crippen molar-refractivity contribution in [2.45, 2.75) is 26.7 Å². The zero-order valence-corrected chi connectivity index (χ0v) is 13.0. The summed E-state index contributed by atoms with van der Waals surface area (Å²) in [5.74, 6) is 0.0253. The van der Waals surface area contributed by atoms with Gasteiger partial charge in [-0.2, -0.15) is 0 Å². The minimum absolute atomic E-state index is 0.0691. The largest absolute Gasteiger partial charge is 0.493 e. The SMILES string of the molecule is COc1cc(C(=O)O)c(NC(N)=O)cc1OCCCC(C)C. The number of anilines is 1. The Hall–Kier alpha value is -2.44. The first kappa shape index (κ1) is 17.6. The smallest absolute Gasteiger partial charge is 0.337 e. The lowest BCUT2D eigenvalue weighted by atomic mass is 10.1. The van der Waals surface area contributed by atoms with Crippen molar-refractivity contribution in [3.8, 4) is 11.5 Å². The third kappa shape index (κ3) is 5.16. The molecule has 0 heterocycles. The van der Waals surface area contributed by atoms with E-state index in [4.69, 9.17) is 15.2 Å². The van der Waals surface area contributed by atoms with Crippen molar-refractivity contribution in [3.63, 3.8) is 0 Å². The van der Waals surface area contributed by atoms with Gasteiger partial charge in [-0.1, -0.05) is 13.8 Å². The van der Waals surface area contributed by atoms with Crippen LogP contribution in [0, 0.1) is 5.92 Å². The Morgan fingerprint density at radius 3 is 2.50 bits per heavy atom. The topological polar surface area (TPSA) is 111 Å². The molecular formula is C15H22N2O5. The van der Waals surface area contributed by atoms with E-state index in [1.807, 2.05) is 0 Å². The molecule has 1 aromatic carbocycles. The normalized spacial score (nSPS) is 10.4. The van der Waals surface area contributed by atoms with Crippen molar-refractivity contribution in [2.24, 2.45) is 11.7 Å². The van der Waals surface area contributed by atoms with E-state index in [0.717, 1.165) is 12.8 Å². The number of nitrogens with two attached hydrogens (primary N) is 1. The van der Waals surface area contributed by atoms with Crippen molar-refractivity contribution in [3.05, 3.63) is 17.7 Å². The summed E-state index contributed by atoms with van der Waals surface area (Å²) in [6.45, 7) is 4.71. The van der Waals surface area contributed by atoms with Gasteiger partial charge in [-0.25, -0.2) is 9.59 Å². The third-order valence-corrected chi connectivity index (χ3v) is 2.98. The van der Waals surface area contributed by atoms with Gasteiger partial charge in [0.15, 0.2) is 11.5 Å². The van der Waals surface area contributed by atoms with Crippen LogP contribution >= 0.6 is 0 Å². The van der Waals surface area contributed by atoms with Crippen LogP contribution in [0.5, 0.6) is 11.5 Å². The average Bonchev–Trinajstić information content (AvgIpc) is 2.42. The van der Waals surface area contributed by atoms with Crippen molar-refractivity contribution in [1.82, 2.24) is 0 Å². The summed E-state index contributed by atoms with van der Waals surface area (Å²) >= 11 is 0. The van der Waals surface area contributed by atoms with Gasteiger partial charge in [0.05, 0.1) is 25.0 Å². The number of primary amides is 1. The second-order valence-electron chi connectivity index (χ2n) is 5.23. The second kappa shape index (κ2) is 8.11. The molecule has 2 amide bonds. The molecule has 0 aromatic heterocycles. The van der Waals surface area contributed by atoms with Crippen LogP contribution < -0.4 is 20.5 Å². The Morgan fingerprint density at radius 1 is 1.32 bits per heavy atom. The summed E-state index contributed by atoms with van der Waals surface area (Å²) in [7, 11) is 1.42. The first-order valence-corrected chi connectivity index (χ1v) is 6.99. The molecule has 0 aliphatic heterocycles. The second-order valence-corrected chi connectivity index (χ2v) is 5.23. The van der Waals surface area contributed by atoms with Crippen molar-refractivity contribution < 1.29 is 24.2 Å². The van der Waals surface area contributed by atoms with Crippen LogP contribution in [0.4, 0.5) is 10.5 Å². The molecule has 7 heteroatoms. The van der Waals surface area contributed by atoms with Crippen LogP contribution in [-0.4, -0.2) is 30.8 Å². The highest BCUT2D eigenvalue weighted by Gasteiger charge is 2.17. The molecule has 0 fully saturated rings. The van der Waals surface area contributed by atoms with E-state index in [1.165, 1.54) is 19.2 Å². The monoisotopic (exact) mass is 310 g/mol. The molecular weight excluding hydrogens is 288 g/mol. The number of carbonyl (C=O) groups excluding carboxylic acids is 1.